The lowest BCUT2D eigenvalue weighted by Crippen LogP contribution is -2.22. The predicted molar refractivity (Wildman–Crippen MR) is 59.8 cm³/mol. The second kappa shape index (κ2) is 5.28. The van der Waals surface area contributed by atoms with Gasteiger partial charge in [0.1, 0.15) is 6.20 Å². The third-order valence-corrected chi connectivity index (χ3v) is 2.23. The number of carbonyl (C=O) groups excluding carboxylic acids is 1. The molecule has 0 fully saturated rings. The van der Waals surface area contributed by atoms with Crippen LogP contribution >= 0.6 is 0 Å². The van der Waals surface area contributed by atoms with Crippen molar-refractivity contribution in [2.75, 3.05) is 25.6 Å². The first-order valence-electron chi connectivity index (χ1n) is 4.91. The van der Waals surface area contributed by atoms with Gasteiger partial charge in [-0.25, -0.2) is 0 Å². The molecule has 0 saturated carbocycles. The zero-order valence-corrected chi connectivity index (χ0v) is 9.91. The summed E-state index contributed by atoms with van der Waals surface area (Å²) in [5.41, 5.74) is -0.0835. The number of aromatic nitrogens is 2. The lowest BCUT2D eigenvalue weighted by molar-refractivity contribution is -0.384. The Morgan fingerprint density at radius 2 is 2.35 bits per heavy atom. The third-order valence-electron chi connectivity index (χ3n) is 2.23. The fourth-order valence-electron chi connectivity index (χ4n) is 1.33. The number of ether oxygens (including phenoxy) is 1. The molecule has 1 aromatic rings. The molecule has 0 aromatic carbocycles. The number of nitro groups is 1. The first kappa shape index (κ1) is 12.9. The van der Waals surface area contributed by atoms with Gasteiger partial charge in [0.05, 0.1) is 18.5 Å². The van der Waals surface area contributed by atoms with Gasteiger partial charge in [0, 0.05) is 20.6 Å². The lowest BCUT2D eigenvalue weighted by atomic mass is 10.4. The molecule has 0 radical (unpaired) electrons. The molecule has 1 heterocycles. The van der Waals surface area contributed by atoms with Crippen LogP contribution in [0.25, 0.3) is 0 Å². The fourth-order valence-corrected chi connectivity index (χ4v) is 1.33. The van der Waals surface area contributed by atoms with Crippen molar-refractivity contribution in [1.29, 1.82) is 0 Å². The van der Waals surface area contributed by atoms with E-state index in [-0.39, 0.29) is 23.9 Å². The van der Waals surface area contributed by atoms with Gasteiger partial charge in [0.25, 0.3) is 0 Å². The molecule has 1 rings (SSSR count). The van der Waals surface area contributed by atoms with E-state index in [1.807, 2.05) is 0 Å². The van der Waals surface area contributed by atoms with Gasteiger partial charge in [-0.15, -0.1) is 5.10 Å². The Balaban J connectivity index is 2.77. The number of aryl methyl sites for hydroxylation is 1. The molecule has 0 amide bonds. The van der Waals surface area contributed by atoms with Crippen LogP contribution in [0.4, 0.5) is 11.5 Å². The largest absolute Gasteiger partial charge is 0.469 e. The van der Waals surface area contributed by atoms with E-state index >= 15 is 0 Å². The van der Waals surface area contributed by atoms with E-state index < -0.39 is 4.92 Å². The highest BCUT2D eigenvalue weighted by molar-refractivity contribution is 5.70. The Kier molecular flexibility index (Phi) is 4.02. The average Bonchev–Trinajstić information content (AvgIpc) is 2.67. The van der Waals surface area contributed by atoms with Gasteiger partial charge in [-0.05, 0) is 0 Å². The quantitative estimate of drug-likeness (QED) is 0.420. The molecular formula is C9H14N4O4. The summed E-state index contributed by atoms with van der Waals surface area (Å²) in [6.45, 7) is 0.310. The second-order valence-corrected chi connectivity index (χ2v) is 3.52. The summed E-state index contributed by atoms with van der Waals surface area (Å²) in [5, 5.41) is 14.8. The molecule has 0 aliphatic rings. The van der Waals surface area contributed by atoms with E-state index in [1.165, 1.54) is 18.0 Å². The van der Waals surface area contributed by atoms with Crippen LogP contribution in [0.2, 0.25) is 0 Å². The van der Waals surface area contributed by atoms with E-state index in [0.717, 1.165) is 0 Å². The van der Waals surface area contributed by atoms with Crippen LogP contribution < -0.4 is 4.90 Å². The number of methoxy groups -OCH3 is 1. The maximum absolute atomic E-state index is 11.0. The molecule has 0 atom stereocenters. The van der Waals surface area contributed by atoms with Crippen LogP contribution in [0.15, 0.2) is 6.20 Å². The summed E-state index contributed by atoms with van der Waals surface area (Å²) in [6, 6.07) is 0. The maximum Gasteiger partial charge on any atom is 0.330 e. The zero-order valence-electron chi connectivity index (χ0n) is 9.91. The molecule has 1 aromatic heterocycles. The van der Waals surface area contributed by atoms with E-state index in [4.69, 9.17) is 0 Å². The minimum absolute atomic E-state index is 0.0835. The Labute approximate surface area is 97.9 Å². The summed E-state index contributed by atoms with van der Waals surface area (Å²) < 4.78 is 5.86. The van der Waals surface area contributed by atoms with Crippen LogP contribution in [0.5, 0.6) is 0 Å². The third kappa shape index (κ3) is 3.16. The van der Waals surface area contributed by atoms with Gasteiger partial charge in [0.2, 0.25) is 5.82 Å². The van der Waals surface area contributed by atoms with Crippen molar-refractivity contribution in [3.63, 3.8) is 0 Å². The van der Waals surface area contributed by atoms with Gasteiger partial charge in [-0.1, -0.05) is 0 Å². The van der Waals surface area contributed by atoms with Gasteiger partial charge < -0.3 is 9.64 Å². The summed E-state index contributed by atoms with van der Waals surface area (Å²) in [5.74, 6) is -0.128. The van der Waals surface area contributed by atoms with Gasteiger partial charge in [0.15, 0.2) is 0 Å². The summed E-state index contributed by atoms with van der Waals surface area (Å²) in [6.07, 6.45) is 1.48. The van der Waals surface area contributed by atoms with Crippen molar-refractivity contribution >= 4 is 17.5 Å². The number of rotatable bonds is 5. The highest BCUT2D eigenvalue weighted by atomic mass is 16.6. The summed E-state index contributed by atoms with van der Waals surface area (Å²) in [4.78, 5) is 22.8. The standard InChI is InChI=1S/C9H14N4O4/c1-11(5-4-8(14)17-3)9-7(13(15)16)6-12(2)10-9/h6H,4-5H2,1-3H3. The number of hydrogen-bond acceptors (Lipinski definition) is 6. The van der Waals surface area contributed by atoms with Gasteiger partial charge in [-0.2, -0.15) is 0 Å². The van der Waals surface area contributed by atoms with Crippen molar-refractivity contribution in [2.24, 2.45) is 7.05 Å². The van der Waals surface area contributed by atoms with Crippen LogP contribution in [0.1, 0.15) is 6.42 Å². The van der Waals surface area contributed by atoms with Crippen LogP contribution in [0.3, 0.4) is 0 Å². The average molecular weight is 242 g/mol. The molecule has 94 valence electrons. The molecular weight excluding hydrogens is 228 g/mol. The second-order valence-electron chi connectivity index (χ2n) is 3.52. The van der Waals surface area contributed by atoms with Crippen molar-refractivity contribution in [3.8, 4) is 0 Å². The monoisotopic (exact) mass is 242 g/mol. The number of anilines is 1. The topological polar surface area (TPSA) is 90.5 Å². The molecule has 0 aliphatic heterocycles. The Morgan fingerprint density at radius 3 is 2.88 bits per heavy atom. The van der Waals surface area contributed by atoms with Crippen molar-refractivity contribution < 1.29 is 14.5 Å². The van der Waals surface area contributed by atoms with Crippen LogP contribution in [-0.4, -0.2) is 41.4 Å². The zero-order chi connectivity index (χ0) is 13.0. The van der Waals surface area contributed by atoms with E-state index in [2.05, 4.69) is 9.84 Å². The molecule has 17 heavy (non-hydrogen) atoms. The first-order valence-corrected chi connectivity index (χ1v) is 4.91. The normalized spacial score (nSPS) is 10.1. The SMILES string of the molecule is COC(=O)CCN(C)c1nn(C)cc1[N+](=O)[O-]. The number of nitrogens with zero attached hydrogens (tertiary/aromatic N) is 4. The Morgan fingerprint density at radius 1 is 1.71 bits per heavy atom. The lowest BCUT2D eigenvalue weighted by Gasteiger charge is -2.14. The highest BCUT2D eigenvalue weighted by Crippen LogP contribution is 2.24. The molecule has 0 spiro atoms. The minimum Gasteiger partial charge on any atom is -0.469 e. The number of carbonyl (C=O) groups is 1. The Hall–Kier alpha value is -2.12. The fraction of sp³-hybridized carbons (Fsp3) is 0.556. The first-order chi connectivity index (χ1) is 7.95. The molecule has 8 nitrogen and oxygen atoms in total. The molecule has 0 unspecified atom stereocenters. The smallest absolute Gasteiger partial charge is 0.330 e. The molecule has 0 saturated heterocycles. The van der Waals surface area contributed by atoms with Crippen molar-refractivity contribution in [1.82, 2.24) is 9.78 Å². The maximum atomic E-state index is 11.0. The predicted octanol–water partition coefficient (Wildman–Crippen LogP) is 0.328. The van der Waals surface area contributed by atoms with E-state index in [1.54, 1.807) is 19.0 Å². The highest BCUT2D eigenvalue weighted by Gasteiger charge is 2.22. The molecule has 0 aliphatic carbocycles. The minimum atomic E-state index is -0.503. The van der Waals surface area contributed by atoms with Gasteiger partial charge in [-0.3, -0.25) is 19.6 Å². The summed E-state index contributed by atoms with van der Waals surface area (Å²) >= 11 is 0. The van der Waals surface area contributed by atoms with Gasteiger partial charge >= 0.3 is 11.7 Å². The Bertz CT molecular complexity index is 429. The van der Waals surface area contributed by atoms with Crippen molar-refractivity contribution in [2.45, 2.75) is 6.42 Å². The molecule has 8 heteroatoms. The molecule has 0 bridgehead atoms. The van der Waals surface area contributed by atoms with Crippen molar-refractivity contribution in [3.05, 3.63) is 16.3 Å². The number of hydrogen-bond donors (Lipinski definition) is 0. The van der Waals surface area contributed by atoms with Crippen LogP contribution in [-0.2, 0) is 16.6 Å². The van der Waals surface area contributed by atoms with E-state index in [9.17, 15) is 14.9 Å². The van der Waals surface area contributed by atoms with Crippen LogP contribution in [0, 0.1) is 10.1 Å². The molecule has 0 N–H and O–H groups in total. The number of esters is 1. The summed E-state index contributed by atoms with van der Waals surface area (Å²) in [7, 11) is 4.54. The van der Waals surface area contributed by atoms with E-state index in [0.29, 0.717) is 6.54 Å².